The zero-order valence-corrected chi connectivity index (χ0v) is 57.3. The largest absolute Gasteiger partial charge is 0.508 e. The molecule has 8 rings (SSSR count). The van der Waals surface area contributed by atoms with Gasteiger partial charge in [-0.15, -0.1) is 0 Å². The van der Waals surface area contributed by atoms with E-state index in [1.165, 1.54) is 41.7 Å². The number of carboxylic acids is 1. The molecule has 0 spiro atoms. The molecule has 32 nitrogen and oxygen atoms in total. The van der Waals surface area contributed by atoms with Crippen LogP contribution in [0.25, 0.3) is 22.0 Å². The Morgan fingerprint density at radius 2 is 1.21 bits per heavy atom. The lowest BCUT2D eigenvalue weighted by atomic mass is 9.95. The highest BCUT2D eigenvalue weighted by molar-refractivity contribution is 6.00. The van der Waals surface area contributed by atoms with E-state index >= 15 is 9.59 Å². The molecule has 3 heterocycles. The molecule has 1 fully saturated rings. The second-order valence-corrected chi connectivity index (χ2v) is 25.9. The van der Waals surface area contributed by atoms with Crippen LogP contribution < -0.4 is 65.1 Å². The van der Waals surface area contributed by atoms with E-state index in [0.29, 0.717) is 40.4 Å². The highest BCUT2D eigenvalue weighted by Gasteiger charge is 2.40. The molecule has 548 valence electrons. The Kier molecular flexibility index (Phi) is 27.4. The molecule has 32 heteroatoms. The fraction of sp³-hybridized carbons (Fsp3) is 0.408. The summed E-state index contributed by atoms with van der Waals surface area (Å²) in [6, 6.07) is 12.8. The van der Waals surface area contributed by atoms with Gasteiger partial charge in [0, 0.05) is 75.4 Å². The van der Waals surface area contributed by atoms with Crippen molar-refractivity contribution < 1.29 is 72.9 Å². The number of carboxylic acid groups (broad SMARTS) is 1. The molecule has 20 N–H and O–H groups in total. The summed E-state index contributed by atoms with van der Waals surface area (Å²) in [5, 5.41) is 55.1. The van der Waals surface area contributed by atoms with Crippen molar-refractivity contribution in [2.75, 3.05) is 26.2 Å². The Morgan fingerprint density at radius 3 is 1.84 bits per heavy atom. The summed E-state index contributed by atoms with van der Waals surface area (Å²) in [6.45, 7) is 3.37. The minimum absolute atomic E-state index is 0.00390. The number of nitrogens with one attached hydrogen (secondary N) is 11. The number of fused-ring (bicyclic) bond motifs is 4. The number of aliphatic hydroxyl groups is 1. The number of aliphatic hydroxyl groups excluding tert-OH is 1. The Balaban J connectivity index is 1.09. The number of phenolic OH excluding ortho intramolecular Hbond substituents is 1. The van der Waals surface area contributed by atoms with Gasteiger partial charge in [0.25, 0.3) is 0 Å². The lowest BCUT2D eigenvalue weighted by Crippen LogP contribution is -2.62. The number of carbonyl (C=O) groups is 12. The number of aliphatic carboxylic acids is 1. The number of nitrogens with two attached hydrogens (primary N) is 3. The third kappa shape index (κ3) is 21.9. The molecule has 1 aliphatic heterocycles. The van der Waals surface area contributed by atoms with Gasteiger partial charge in [-0.1, -0.05) is 86.6 Å². The number of imidazole rings is 1. The molecule has 6 aromatic rings. The van der Waals surface area contributed by atoms with Gasteiger partial charge in [-0.2, -0.15) is 0 Å². The van der Waals surface area contributed by atoms with Crippen LogP contribution >= 0.6 is 0 Å². The SMILES string of the molecule is CC(=O)N[C@@H](CCC(=O)O)C(=O)N[C@@H](Cc1c[nH]cn1)C(=O)N[C@@H](Cc1c[nH]c2ccccc12)C(=O)N[C@@H](CO)C(=O)N[C@@H](Cc1ccc(O)cc1)C(=O)N[C@H](Cc1cccc2c1Cc1ccccc1-2)C(=O)N[C@@H](CC(C)C)C(=O)N[C@@H](CCCN=C(N)N)C(=O)N1CCC[C@H]1C(=O)NCC(N)=O. The number of hydrogen-bond donors (Lipinski definition) is 17. The molecule has 1 saturated heterocycles. The number of primary amides is 1. The van der Waals surface area contributed by atoms with Crippen LogP contribution in [0.4, 0.5) is 0 Å². The molecule has 0 radical (unpaired) electrons. The Hall–Kier alpha value is -11.7. The minimum atomic E-state index is -1.86. The van der Waals surface area contributed by atoms with Crippen molar-refractivity contribution in [1.29, 1.82) is 0 Å². The highest BCUT2D eigenvalue weighted by atomic mass is 16.4. The fourth-order valence-electron chi connectivity index (χ4n) is 12.6. The van der Waals surface area contributed by atoms with Crippen LogP contribution in [0, 0.1) is 5.92 Å². The van der Waals surface area contributed by atoms with Crippen molar-refractivity contribution >= 4 is 87.8 Å². The lowest BCUT2D eigenvalue weighted by molar-refractivity contribution is -0.142. The molecule has 4 aromatic carbocycles. The van der Waals surface area contributed by atoms with E-state index in [9.17, 15) is 63.3 Å². The molecule has 1 aliphatic carbocycles. The second-order valence-electron chi connectivity index (χ2n) is 25.9. The monoisotopic (exact) mass is 1420 g/mol. The summed E-state index contributed by atoms with van der Waals surface area (Å²) in [4.78, 5) is 182. The normalized spacial score (nSPS) is 15.2. The number of guanidine groups is 1. The standard InChI is InChI=1S/C71H89N17O15/c1-38(2)27-53(63(96)81-52(17-9-25-76-71(73)74)70(103)88-26-10-18-59(88)69(102)78-35-60(72)92)82-65(98)55(30-42-12-8-15-48-46-13-5-4-11-41(46)29-49(42)48)84-64(97)54(28-40-19-21-45(91)22-20-40)83-68(101)58(36-89)87-66(99)56(31-43-33-77-50-16-7-6-14-47(43)50)85-67(100)57(32-44-34-75-37-79-44)86-62(95)51(80-39(3)90)23-24-61(93)94/h4-8,11-16,19-22,33-34,37-38,51-59,77,89,91H,9-10,17-18,23-32,35-36H2,1-3H3,(H2,72,92)(H,75,79)(H,78,102)(H,80,90)(H,81,96)(H,82,98)(H,83,101)(H,84,97)(H,85,100)(H,86,95)(H,87,99)(H,93,94)(H4,73,74,76)/t51-,52-,53-,54-,55+,56-,57-,58-,59-/m0/s1. The van der Waals surface area contributed by atoms with E-state index in [1.807, 2.05) is 36.4 Å². The molecule has 0 saturated carbocycles. The van der Waals surface area contributed by atoms with Crippen LogP contribution in [0.3, 0.4) is 0 Å². The maximum absolute atomic E-state index is 15.4. The smallest absolute Gasteiger partial charge is 0.303 e. The minimum Gasteiger partial charge on any atom is -0.508 e. The van der Waals surface area contributed by atoms with Crippen LogP contribution in [-0.2, 0) is 89.6 Å². The quantitative estimate of drug-likeness (QED) is 0.0125. The number of rotatable bonds is 37. The van der Waals surface area contributed by atoms with E-state index in [0.717, 1.165) is 29.2 Å². The predicted octanol–water partition coefficient (Wildman–Crippen LogP) is -1.11. The van der Waals surface area contributed by atoms with Crippen LogP contribution in [0.2, 0.25) is 0 Å². The number of nitrogens with zero attached hydrogens (tertiary/aromatic N) is 3. The first kappa shape index (κ1) is 77.0. The summed E-state index contributed by atoms with van der Waals surface area (Å²) in [6.07, 6.45) is 3.75. The molecule has 103 heavy (non-hydrogen) atoms. The number of aromatic nitrogens is 3. The summed E-state index contributed by atoms with van der Waals surface area (Å²) >= 11 is 0. The third-order valence-electron chi connectivity index (χ3n) is 17.7. The zero-order valence-electron chi connectivity index (χ0n) is 57.3. The van der Waals surface area contributed by atoms with Gasteiger partial charge in [0.15, 0.2) is 5.96 Å². The van der Waals surface area contributed by atoms with Crippen molar-refractivity contribution in [3.63, 3.8) is 0 Å². The zero-order chi connectivity index (χ0) is 74.4. The molecule has 11 amide bonds. The first-order valence-corrected chi connectivity index (χ1v) is 33.9. The Morgan fingerprint density at radius 1 is 0.631 bits per heavy atom. The first-order chi connectivity index (χ1) is 49.2. The number of benzene rings is 4. The summed E-state index contributed by atoms with van der Waals surface area (Å²) < 4.78 is 0. The van der Waals surface area contributed by atoms with Crippen molar-refractivity contribution in [1.82, 2.24) is 67.7 Å². The van der Waals surface area contributed by atoms with Crippen LogP contribution in [0.5, 0.6) is 5.75 Å². The number of phenols is 1. The summed E-state index contributed by atoms with van der Waals surface area (Å²) in [7, 11) is 0. The molecule has 2 aliphatic rings. The van der Waals surface area contributed by atoms with Gasteiger partial charge in [0.05, 0.1) is 25.2 Å². The number of hydrogen-bond acceptors (Lipinski definition) is 16. The van der Waals surface area contributed by atoms with Gasteiger partial charge in [-0.25, -0.2) is 4.98 Å². The van der Waals surface area contributed by atoms with Crippen molar-refractivity contribution in [3.8, 4) is 16.9 Å². The number of likely N-dealkylation sites (tertiary alicyclic amines) is 1. The number of amides is 11. The highest BCUT2D eigenvalue weighted by Crippen LogP contribution is 2.38. The fourth-order valence-corrected chi connectivity index (χ4v) is 12.6. The second kappa shape index (κ2) is 36.6. The maximum Gasteiger partial charge on any atom is 0.303 e. The first-order valence-electron chi connectivity index (χ1n) is 33.9. The average Bonchev–Trinajstić information content (AvgIpc) is 1.64. The molecular formula is C71H89N17O15. The van der Waals surface area contributed by atoms with Crippen LogP contribution in [0.1, 0.15) is 99.2 Å². The molecule has 0 unspecified atom stereocenters. The number of aliphatic imine (C=N–C) groups is 1. The van der Waals surface area contributed by atoms with E-state index in [-0.39, 0.29) is 94.2 Å². The van der Waals surface area contributed by atoms with E-state index in [2.05, 4.69) is 67.8 Å². The summed E-state index contributed by atoms with van der Waals surface area (Å²) in [5.74, 6) is -11.2. The third-order valence-corrected chi connectivity index (χ3v) is 17.7. The van der Waals surface area contributed by atoms with Gasteiger partial charge in [-0.3, -0.25) is 62.5 Å². The van der Waals surface area contributed by atoms with Crippen molar-refractivity contribution in [2.24, 2.45) is 28.1 Å². The van der Waals surface area contributed by atoms with Crippen molar-refractivity contribution in [3.05, 3.63) is 143 Å². The van der Waals surface area contributed by atoms with Gasteiger partial charge < -0.3 is 95.2 Å². The van der Waals surface area contributed by atoms with Gasteiger partial charge in [0.2, 0.25) is 65.0 Å². The van der Waals surface area contributed by atoms with E-state index < -0.39 is 145 Å². The van der Waals surface area contributed by atoms with Gasteiger partial charge in [-0.05, 0) is 108 Å². The van der Waals surface area contributed by atoms with Crippen molar-refractivity contribution in [2.45, 2.75) is 152 Å². The number of aromatic amines is 2. The molecule has 2 aromatic heterocycles. The topological polar surface area (TPSA) is 512 Å². The van der Waals surface area contributed by atoms with E-state index in [4.69, 9.17) is 17.2 Å². The maximum atomic E-state index is 15.4. The Labute approximate surface area is 592 Å². The molecular weight excluding hydrogens is 1330 g/mol. The Bertz CT molecular complexity index is 4080. The van der Waals surface area contributed by atoms with Gasteiger partial charge in [0.1, 0.15) is 60.1 Å². The number of para-hydroxylation sites is 1. The molecule has 9 atom stereocenters. The predicted molar refractivity (Wildman–Crippen MR) is 376 cm³/mol. The number of H-pyrrole nitrogens is 2. The average molecular weight is 1420 g/mol. The summed E-state index contributed by atoms with van der Waals surface area (Å²) in [5.41, 5.74) is 22.7. The number of aromatic hydroxyl groups is 1. The van der Waals surface area contributed by atoms with Crippen LogP contribution in [-0.4, -0.2) is 193 Å². The molecule has 0 bridgehead atoms. The van der Waals surface area contributed by atoms with Crippen LogP contribution in [0.15, 0.2) is 115 Å². The number of carbonyl (C=O) groups excluding carboxylic acids is 11. The van der Waals surface area contributed by atoms with Gasteiger partial charge >= 0.3 is 5.97 Å². The lowest BCUT2D eigenvalue weighted by Gasteiger charge is -2.31. The van der Waals surface area contributed by atoms with E-state index in [1.54, 1.807) is 50.4 Å².